The van der Waals surface area contributed by atoms with E-state index in [0.717, 1.165) is 75.2 Å². The van der Waals surface area contributed by atoms with Gasteiger partial charge < -0.3 is 16.0 Å². The van der Waals surface area contributed by atoms with Gasteiger partial charge in [-0.15, -0.1) is 0 Å². The molecule has 0 unspecified atom stereocenters. The van der Waals surface area contributed by atoms with Crippen molar-refractivity contribution >= 4 is 11.7 Å². The third kappa shape index (κ3) is 7.23. The van der Waals surface area contributed by atoms with Gasteiger partial charge in [-0.1, -0.05) is 32.0 Å². The third-order valence-corrected chi connectivity index (χ3v) is 7.97. The first-order chi connectivity index (χ1) is 17.4. The Kier molecular flexibility index (Phi) is 9.27. The van der Waals surface area contributed by atoms with Crippen LogP contribution in [0.2, 0.25) is 0 Å². The highest BCUT2D eigenvalue weighted by atomic mass is 16.2. The third-order valence-electron chi connectivity index (χ3n) is 7.97. The molecule has 1 saturated carbocycles. The number of hydrogen-bond acceptors (Lipinski definition) is 5. The first-order valence-corrected chi connectivity index (χ1v) is 13.7. The number of rotatable bonds is 9. The summed E-state index contributed by atoms with van der Waals surface area (Å²) in [5, 5.41) is 3.18. The second-order valence-electron chi connectivity index (χ2n) is 11.0. The predicted octanol–water partition coefficient (Wildman–Crippen LogP) is 3.96. The molecule has 0 bridgehead atoms. The fourth-order valence-electron chi connectivity index (χ4n) is 5.62. The van der Waals surface area contributed by atoms with E-state index in [-0.39, 0.29) is 23.7 Å². The molecule has 2 aromatic rings. The van der Waals surface area contributed by atoms with E-state index in [1.165, 1.54) is 17.5 Å². The Hall–Kier alpha value is -2.57. The molecule has 0 spiro atoms. The van der Waals surface area contributed by atoms with Crippen molar-refractivity contribution in [1.29, 1.82) is 0 Å². The lowest BCUT2D eigenvalue weighted by molar-refractivity contribution is -0.123. The van der Waals surface area contributed by atoms with Crippen LogP contribution in [0, 0.1) is 11.8 Å². The van der Waals surface area contributed by atoms with E-state index in [9.17, 15) is 9.59 Å². The summed E-state index contributed by atoms with van der Waals surface area (Å²) in [5.41, 5.74) is 10.7. The molecule has 1 aromatic heterocycles. The fourth-order valence-corrected chi connectivity index (χ4v) is 5.62. The van der Waals surface area contributed by atoms with Gasteiger partial charge in [-0.05, 0) is 92.7 Å². The first-order valence-electron chi connectivity index (χ1n) is 13.7. The van der Waals surface area contributed by atoms with Crippen LogP contribution in [-0.2, 0) is 24.1 Å². The van der Waals surface area contributed by atoms with Crippen molar-refractivity contribution in [2.45, 2.75) is 77.3 Å². The summed E-state index contributed by atoms with van der Waals surface area (Å²) < 4.78 is 0. The van der Waals surface area contributed by atoms with Crippen LogP contribution in [0.3, 0.4) is 0 Å². The summed E-state index contributed by atoms with van der Waals surface area (Å²) in [4.78, 5) is 31.7. The Balaban J connectivity index is 1.17. The van der Waals surface area contributed by atoms with Gasteiger partial charge in [0.05, 0.1) is 6.04 Å². The van der Waals surface area contributed by atoms with Gasteiger partial charge in [0.15, 0.2) is 5.78 Å². The molecule has 2 heterocycles. The summed E-state index contributed by atoms with van der Waals surface area (Å²) in [6.07, 6.45) is 11.7. The minimum absolute atomic E-state index is 0.0392. The van der Waals surface area contributed by atoms with Gasteiger partial charge >= 0.3 is 0 Å². The number of benzene rings is 1. The Morgan fingerprint density at radius 3 is 2.53 bits per heavy atom. The Morgan fingerprint density at radius 2 is 1.83 bits per heavy atom. The van der Waals surface area contributed by atoms with Crippen molar-refractivity contribution in [1.82, 2.24) is 15.2 Å². The van der Waals surface area contributed by atoms with Gasteiger partial charge in [0, 0.05) is 43.0 Å². The number of Topliss-reactive ketones (excluding diaryl/α,β-unsaturated/α-hetero) is 1. The molecule has 1 amide bonds. The topological polar surface area (TPSA) is 88.3 Å². The van der Waals surface area contributed by atoms with Crippen LogP contribution in [0.25, 0.3) is 0 Å². The van der Waals surface area contributed by atoms with Crippen LogP contribution in [0.5, 0.6) is 0 Å². The van der Waals surface area contributed by atoms with E-state index in [1.54, 1.807) is 12.4 Å². The van der Waals surface area contributed by atoms with E-state index in [4.69, 9.17) is 5.73 Å². The smallest absolute Gasteiger partial charge is 0.237 e. The number of carbonyl (C=O) groups is 2. The highest BCUT2D eigenvalue weighted by molar-refractivity contribution is 5.97. The maximum atomic E-state index is 12.6. The summed E-state index contributed by atoms with van der Waals surface area (Å²) in [6, 6.07) is 9.87. The van der Waals surface area contributed by atoms with E-state index < -0.39 is 6.04 Å². The zero-order valence-corrected chi connectivity index (χ0v) is 21.9. The molecule has 3 N–H and O–H groups in total. The molecule has 1 atom stereocenters. The Bertz CT molecular complexity index is 1010. The highest BCUT2D eigenvalue weighted by Crippen LogP contribution is 2.28. The lowest BCUT2D eigenvalue weighted by Crippen LogP contribution is -2.47. The van der Waals surface area contributed by atoms with Crippen molar-refractivity contribution in [2.24, 2.45) is 17.6 Å². The Morgan fingerprint density at radius 1 is 1.08 bits per heavy atom. The SMILES string of the molecule is CC(C)C(=O)c1ccc2c(c1)CCN(CC[C@H]1CC[C@H](NC(=O)[C@H](N)Cc3cccnc3)CC1)CC2. The fraction of sp³-hybridized carbons (Fsp3) is 0.567. The average molecular weight is 491 g/mol. The quantitative estimate of drug-likeness (QED) is 0.520. The number of ketones is 1. The summed E-state index contributed by atoms with van der Waals surface area (Å²) in [5.74, 6) is 0.950. The maximum absolute atomic E-state index is 12.6. The Labute approximate surface area is 216 Å². The second kappa shape index (κ2) is 12.6. The molecule has 0 saturated heterocycles. The number of hydrogen-bond donors (Lipinski definition) is 2. The maximum Gasteiger partial charge on any atom is 0.237 e. The number of pyridine rings is 1. The molecule has 2 aliphatic rings. The standard InChI is InChI=1S/C30H42N4O2/c1-21(2)29(35)26-8-7-24-12-16-34(17-13-25(24)19-26)15-11-22-5-9-27(10-6-22)33-30(36)28(31)18-23-4-3-14-32-20-23/h3-4,7-8,14,19-22,27-28H,5-6,9-13,15-18,31H2,1-2H3,(H,33,36)/t22-,27-,28-/m1/s1. The van der Waals surface area contributed by atoms with Crippen LogP contribution in [-0.4, -0.2) is 53.3 Å². The number of carbonyl (C=O) groups excluding carboxylic acids is 2. The molecule has 4 rings (SSSR count). The van der Waals surface area contributed by atoms with Crippen molar-refractivity contribution in [3.05, 3.63) is 65.0 Å². The molecule has 1 aliphatic heterocycles. The van der Waals surface area contributed by atoms with E-state index in [2.05, 4.69) is 27.3 Å². The molecule has 0 radical (unpaired) electrons. The minimum Gasteiger partial charge on any atom is -0.352 e. The highest BCUT2D eigenvalue weighted by Gasteiger charge is 2.25. The van der Waals surface area contributed by atoms with E-state index in [0.29, 0.717) is 6.42 Å². The second-order valence-corrected chi connectivity index (χ2v) is 11.0. The monoisotopic (exact) mass is 490 g/mol. The lowest BCUT2D eigenvalue weighted by Gasteiger charge is -2.31. The molecule has 1 aromatic carbocycles. The predicted molar refractivity (Wildman–Crippen MR) is 144 cm³/mol. The van der Waals surface area contributed by atoms with Crippen LogP contribution in [0.4, 0.5) is 0 Å². The molecule has 6 heteroatoms. The van der Waals surface area contributed by atoms with Gasteiger partial charge in [0.2, 0.25) is 5.91 Å². The van der Waals surface area contributed by atoms with Crippen molar-refractivity contribution in [2.75, 3.05) is 19.6 Å². The van der Waals surface area contributed by atoms with Crippen LogP contribution < -0.4 is 11.1 Å². The molecule has 194 valence electrons. The van der Waals surface area contributed by atoms with Crippen LogP contribution in [0.1, 0.15) is 73.0 Å². The number of fused-ring (bicyclic) bond motifs is 1. The molecule has 36 heavy (non-hydrogen) atoms. The van der Waals surface area contributed by atoms with E-state index in [1.807, 2.05) is 32.0 Å². The van der Waals surface area contributed by atoms with Crippen molar-refractivity contribution in [3.8, 4) is 0 Å². The number of nitrogens with zero attached hydrogens (tertiary/aromatic N) is 2. The van der Waals surface area contributed by atoms with Gasteiger partial charge in [-0.3, -0.25) is 14.6 Å². The lowest BCUT2D eigenvalue weighted by atomic mass is 9.84. The minimum atomic E-state index is -0.529. The zero-order chi connectivity index (χ0) is 25.5. The van der Waals surface area contributed by atoms with Crippen molar-refractivity contribution in [3.63, 3.8) is 0 Å². The molecule has 1 fully saturated rings. The number of aromatic nitrogens is 1. The normalized spacial score (nSPS) is 21.4. The zero-order valence-electron chi connectivity index (χ0n) is 21.9. The number of nitrogens with two attached hydrogens (primary N) is 1. The average Bonchev–Trinajstić information content (AvgIpc) is 3.10. The van der Waals surface area contributed by atoms with Gasteiger partial charge in [-0.25, -0.2) is 0 Å². The summed E-state index contributed by atoms with van der Waals surface area (Å²) in [6.45, 7) is 7.22. The summed E-state index contributed by atoms with van der Waals surface area (Å²) >= 11 is 0. The molecular formula is C30H42N4O2. The first kappa shape index (κ1) is 26.5. The molecular weight excluding hydrogens is 448 g/mol. The van der Waals surface area contributed by atoms with Gasteiger partial charge in [0.25, 0.3) is 0 Å². The molecule has 6 nitrogen and oxygen atoms in total. The summed E-state index contributed by atoms with van der Waals surface area (Å²) in [7, 11) is 0. The van der Waals surface area contributed by atoms with E-state index >= 15 is 0 Å². The van der Waals surface area contributed by atoms with Crippen LogP contribution >= 0.6 is 0 Å². The van der Waals surface area contributed by atoms with Crippen molar-refractivity contribution < 1.29 is 9.59 Å². The molecule has 1 aliphatic carbocycles. The van der Waals surface area contributed by atoms with Gasteiger partial charge in [0.1, 0.15) is 0 Å². The van der Waals surface area contributed by atoms with Crippen LogP contribution in [0.15, 0.2) is 42.7 Å². The number of amides is 1. The number of nitrogens with one attached hydrogen (secondary N) is 1. The van der Waals surface area contributed by atoms with Gasteiger partial charge in [-0.2, -0.15) is 0 Å². The largest absolute Gasteiger partial charge is 0.352 e.